The summed E-state index contributed by atoms with van der Waals surface area (Å²) in [5.74, 6) is -0.935. The van der Waals surface area contributed by atoms with Crippen LogP contribution in [0.1, 0.15) is 34.9 Å². The Balaban J connectivity index is 1.85. The molecular weight excluding hydrogens is 271 g/mol. The Labute approximate surface area is 120 Å². The highest BCUT2D eigenvalue weighted by molar-refractivity contribution is 6.04. The first-order valence-electron chi connectivity index (χ1n) is 6.57. The molecule has 5 nitrogen and oxygen atoms in total. The Morgan fingerprint density at radius 1 is 1.43 bits per heavy atom. The molecule has 3 N–H and O–H groups in total. The summed E-state index contributed by atoms with van der Waals surface area (Å²) in [6.07, 6.45) is 3.81. The van der Waals surface area contributed by atoms with Crippen molar-refractivity contribution in [2.24, 2.45) is 0 Å². The molecule has 2 aromatic rings. The summed E-state index contributed by atoms with van der Waals surface area (Å²) in [5, 5.41) is 11.5. The Kier molecular flexibility index (Phi) is 3.10. The van der Waals surface area contributed by atoms with Gasteiger partial charge in [0.1, 0.15) is 17.6 Å². The number of anilines is 2. The maximum absolute atomic E-state index is 13.3. The molecule has 1 fully saturated rings. The number of hydrogen-bond acceptors (Lipinski definition) is 3. The molecule has 3 rings (SSSR count). The Bertz CT molecular complexity index is 756. The van der Waals surface area contributed by atoms with Crippen LogP contribution >= 0.6 is 0 Å². The quantitative estimate of drug-likeness (QED) is 0.908. The van der Waals surface area contributed by atoms with E-state index in [1.54, 1.807) is 18.3 Å². The monoisotopic (exact) mass is 284 g/mol. The summed E-state index contributed by atoms with van der Waals surface area (Å²) in [7, 11) is 0. The highest BCUT2D eigenvalue weighted by Crippen LogP contribution is 2.37. The summed E-state index contributed by atoms with van der Waals surface area (Å²) in [5.41, 5.74) is 7.02. The summed E-state index contributed by atoms with van der Waals surface area (Å²) in [6.45, 7) is 0. The molecule has 0 unspecified atom stereocenters. The lowest BCUT2D eigenvalue weighted by molar-refractivity contribution is 0.101. The van der Waals surface area contributed by atoms with Crippen molar-refractivity contribution in [3.8, 4) is 6.07 Å². The zero-order chi connectivity index (χ0) is 15.0. The van der Waals surface area contributed by atoms with Gasteiger partial charge in [0.05, 0.1) is 11.3 Å². The van der Waals surface area contributed by atoms with Crippen molar-refractivity contribution in [3.63, 3.8) is 0 Å². The average Bonchev–Trinajstić information content (AvgIpc) is 3.23. The topological polar surface area (TPSA) is 83.8 Å². The molecule has 1 aromatic carbocycles. The second-order valence-corrected chi connectivity index (χ2v) is 5.06. The van der Waals surface area contributed by atoms with E-state index < -0.39 is 5.82 Å². The maximum Gasteiger partial charge on any atom is 0.272 e. The van der Waals surface area contributed by atoms with Crippen LogP contribution in [0.5, 0.6) is 0 Å². The van der Waals surface area contributed by atoms with Crippen LogP contribution in [0.4, 0.5) is 15.8 Å². The average molecular weight is 284 g/mol. The molecular formula is C15H13FN4O. The number of carbonyl (C=O) groups excluding carboxylic acids is 1. The van der Waals surface area contributed by atoms with Crippen LogP contribution in [0.2, 0.25) is 0 Å². The molecule has 1 aromatic heterocycles. The van der Waals surface area contributed by atoms with E-state index in [4.69, 9.17) is 11.0 Å². The van der Waals surface area contributed by atoms with Gasteiger partial charge < -0.3 is 15.6 Å². The number of nitrogens with one attached hydrogen (secondary N) is 1. The standard InChI is InChI=1S/C15H13FN4O/c16-13-4-1-11(5-9(13)7-17)19-15(21)14-6-10(18)8-20(14)12-2-3-12/h1,4-6,8,12H,2-3,18H2,(H,19,21). The van der Waals surface area contributed by atoms with Gasteiger partial charge in [-0.05, 0) is 37.1 Å². The third-order valence-corrected chi connectivity index (χ3v) is 3.39. The van der Waals surface area contributed by atoms with Gasteiger partial charge in [-0.3, -0.25) is 4.79 Å². The lowest BCUT2D eigenvalue weighted by atomic mass is 10.2. The van der Waals surface area contributed by atoms with Gasteiger partial charge in [-0.2, -0.15) is 5.26 Å². The summed E-state index contributed by atoms with van der Waals surface area (Å²) in [6, 6.07) is 7.56. The van der Waals surface area contributed by atoms with Gasteiger partial charge in [-0.25, -0.2) is 4.39 Å². The van der Waals surface area contributed by atoms with E-state index in [2.05, 4.69) is 5.32 Å². The minimum absolute atomic E-state index is 0.107. The van der Waals surface area contributed by atoms with Crippen molar-refractivity contribution in [3.05, 3.63) is 47.5 Å². The third-order valence-electron chi connectivity index (χ3n) is 3.39. The third kappa shape index (κ3) is 2.58. The molecule has 1 amide bonds. The molecule has 0 atom stereocenters. The first-order valence-corrected chi connectivity index (χ1v) is 6.57. The van der Waals surface area contributed by atoms with Crippen molar-refractivity contribution >= 4 is 17.3 Å². The Morgan fingerprint density at radius 2 is 2.19 bits per heavy atom. The molecule has 1 heterocycles. The van der Waals surface area contributed by atoms with Crippen molar-refractivity contribution in [1.82, 2.24) is 4.57 Å². The van der Waals surface area contributed by atoms with Gasteiger partial charge in [0.15, 0.2) is 0 Å². The van der Waals surface area contributed by atoms with Gasteiger partial charge >= 0.3 is 0 Å². The van der Waals surface area contributed by atoms with Gasteiger partial charge in [0.2, 0.25) is 0 Å². The lowest BCUT2D eigenvalue weighted by Crippen LogP contribution is -2.16. The van der Waals surface area contributed by atoms with Crippen LogP contribution in [0.15, 0.2) is 30.5 Å². The zero-order valence-electron chi connectivity index (χ0n) is 11.1. The molecule has 0 bridgehead atoms. The molecule has 21 heavy (non-hydrogen) atoms. The van der Waals surface area contributed by atoms with Crippen molar-refractivity contribution in [2.75, 3.05) is 11.1 Å². The molecule has 0 saturated heterocycles. The molecule has 1 saturated carbocycles. The minimum atomic E-state index is -0.610. The highest BCUT2D eigenvalue weighted by atomic mass is 19.1. The van der Waals surface area contributed by atoms with E-state index in [9.17, 15) is 9.18 Å². The SMILES string of the molecule is N#Cc1cc(NC(=O)c2cc(N)cn2C2CC2)ccc1F. The fraction of sp³-hybridized carbons (Fsp3) is 0.200. The summed E-state index contributed by atoms with van der Waals surface area (Å²) >= 11 is 0. The molecule has 6 heteroatoms. The Hall–Kier alpha value is -2.81. The predicted octanol–water partition coefficient (Wildman–Crippen LogP) is 2.67. The fourth-order valence-corrected chi connectivity index (χ4v) is 2.22. The molecule has 0 radical (unpaired) electrons. The number of benzene rings is 1. The number of hydrogen-bond donors (Lipinski definition) is 2. The van der Waals surface area contributed by atoms with Gasteiger partial charge in [0.25, 0.3) is 5.91 Å². The normalized spacial score (nSPS) is 13.7. The predicted molar refractivity (Wildman–Crippen MR) is 76.2 cm³/mol. The van der Waals surface area contributed by atoms with Crippen LogP contribution in [0.3, 0.4) is 0 Å². The van der Waals surface area contributed by atoms with Gasteiger partial charge in [-0.1, -0.05) is 0 Å². The fourth-order valence-electron chi connectivity index (χ4n) is 2.22. The van der Waals surface area contributed by atoms with Crippen LogP contribution in [-0.4, -0.2) is 10.5 Å². The van der Waals surface area contributed by atoms with E-state index in [1.165, 1.54) is 12.1 Å². The summed E-state index contributed by atoms with van der Waals surface area (Å²) < 4.78 is 15.1. The number of nitrogens with zero attached hydrogens (tertiary/aromatic N) is 2. The van der Waals surface area contributed by atoms with E-state index in [-0.39, 0.29) is 11.5 Å². The Morgan fingerprint density at radius 3 is 2.86 bits per heavy atom. The lowest BCUT2D eigenvalue weighted by Gasteiger charge is -2.09. The zero-order valence-corrected chi connectivity index (χ0v) is 11.1. The smallest absolute Gasteiger partial charge is 0.272 e. The number of carbonyl (C=O) groups is 1. The van der Waals surface area contributed by atoms with Crippen molar-refractivity contribution in [1.29, 1.82) is 5.26 Å². The van der Waals surface area contributed by atoms with Crippen molar-refractivity contribution in [2.45, 2.75) is 18.9 Å². The van der Waals surface area contributed by atoms with Crippen molar-refractivity contribution < 1.29 is 9.18 Å². The van der Waals surface area contributed by atoms with E-state index >= 15 is 0 Å². The number of aromatic nitrogens is 1. The molecule has 1 aliphatic carbocycles. The van der Waals surface area contributed by atoms with Crippen LogP contribution in [0.25, 0.3) is 0 Å². The number of halogens is 1. The number of nitrogens with two attached hydrogens (primary N) is 1. The maximum atomic E-state index is 13.3. The number of amides is 1. The van der Waals surface area contributed by atoms with Crippen LogP contribution in [-0.2, 0) is 0 Å². The summed E-state index contributed by atoms with van der Waals surface area (Å²) in [4.78, 5) is 12.3. The van der Waals surface area contributed by atoms with Gasteiger partial charge in [-0.15, -0.1) is 0 Å². The second-order valence-electron chi connectivity index (χ2n) is 5.06. The molecule has 1 aliphatic rings. The van der Waals surface area contributed by atoms with Gasteiger partial charge in [0, 0.05) is 17.9 Å². The minimum Gasteiger partial charge on any atom is -0.397 e. The number of nitrogen functional groups attached to an aromatic ring is 1. The first kappa shape index (κ1) is 13.2. The number of nitriles is 1. The first-order chi connectivity index (χ1) is 10.1. The highest BCUT2D eigenvalue weighted by Gasteiger charge is 2.27. The molecule has 0 spiro atoms. The largest absolute Gasteiger partial charge is 0.397 e. The molecule has 0 aliphatic heterocycles. The van der Waals surface area contributed by atoms with E-state index in [0.29, 0.717) is 23.1 Å². The second kappa shape index (κ2) is 4.94. The molecule has 106 valence electrons. The van der Waals surface area contributed by atoms with E-state index in [0.717, 1.165) is 18.9 Å². The van der Waals surface area contributed by atoms with Crippen LogP contribution < -0.4 is 11.1 Å². The van der Waals surface area contributed by atoms with Crippen LogP contribution in [0, 0.1) is 17.1 Å². The number of rotatable bonds is 3. The van der Waals surface area contributed by atoms with E-state index in [1.807, 2.05) is 4.57 Å².